The highest BCUT2D eigenvalue weighted by atomic mass is 35.5. The van der Waals surface area contributed by atoms with E-state index >= 15 is 0 Å². The Balaban J connectivity index is 1.48. The molecular formula is C19H25ClN4O3S. The lowest BCUT2D eigenvalue weighted by Crippen LogP contribution is -2.52. The Bertz CT molecular complexity index is 926. The number of halogens is 1. The normalized spacial score (nSPS) is 22.0. The van der Waals surface area contributed by atoms with Gasteiger partial charge in [0.2, 0.25) is 5.91 Å². The number of nitrogens with zero attached hydrogens (tertiary/aromatic N) is 1. The quantitative estimate of drug-likeness (QED) is 0.516. The van der Waals surface area contributed by atoms with Gasteiger partial charge in [-0.1, -0.05) is 38.3 Å². The summed E-state index contributed by atoms with van der Waals surface area (Å²) in [5.74, 6) is 0.389. The number of fused-ring (bicyclic) bond motifs is 1. The van der Waals surface area contributed by atoms with Crippen molar-refractivity contribution >= 4 is 45.9 Å². The maximum Gasteiger partial charge on any atom is 0.419 e. The Hall–Kier alpha value is -2.06. The van der Waals surface area contributed by atoms with Crippen LogP contribution in [0.4, 0.5) is 0 Å². The Labute approximate surface area is 173 Å². The second-order valence-electron chi connectivity index (χ2n) is 7.40. The van der Waals surface area contributed by atoms with E-state index in [9.17, 15) is 9.59 Å². The molecule has 1 heterocycles. The van der Waals surface area contributed by atoms with Crippen molar-refractivity contribution in [3.8, 4) is 0 Å². The average molecular weight is 425 g/mol. The Morgan fingerprint density at radius 2 is 2.11 bits per heavy atom. The average Bonchev–Trinajstić information content (AvgIpc) is 2.96. The first kappa shape index (κ1) is 20.7. The van der Waals surface area contributed by atoms with Crippen molar-refractivity contribution in [2.24, 2.45) is 11.8 Å². The van der Waals surface area contributed by atoms with Gasteiger partial charge in [0.15, 0.2) is 10.7 Å². The number of thiocarbonyl (C=S) groups is 1. The first-order valence-corrected chi connectivity index (χ1v) is 10.3. The summed E-state index contributed by atoms with van der Waals surface area (Å²) in [7, 11) is 0. The molecule has 152 valence electrons. The maximum absolute atomic E-state index is 12.1. The Morgan fingerprint density at radius 1 is 1.32 bits per heavy atom. The molecule has 3 N–H and O–H groups in total. The summed E-state index contributed by atoms with van der Waals surface area (Å²) in [6.45, 7) is 4.67. The van der Waals surface area contributed by atoms with Gasteiger partial charge in [-0.05, 0) is 42.6 Å². The first-order valence-electron chi connectivity index (χ1n) is 9.49. The largest absolute Gasteiger partial charge is 0.419 e. The third-order valence-corrected chi connectivity index (χ3v) is 5.99. The highest BCUT2D eigenvalue weighted by Crippen LogP contribution is 2.29. The lowest BCUT2D eigenvalue weighted by atomic mass is 9.78. The van der Waals surface area contributed by atoms with Gasteiger partial charge in [-0.2, -0.15) is 0 Å². The number of amides is 1. The SMILES string of the molecule is C[C@@H]1[C@H](C)CCC[C@@H]1NC(=S)NNC(=O)CCn1c(=O)oc2cc(Cl)ccc21. The fourth-order valence-corrected chi connectivity index (χ4v) is 4.01. The van der Waals surface area contributed by atoms with Gasteiger partial charge in [0.1, 0.15) is 0 Å². The van der Waals surface area contributed by atoms with Crippen LogP contribution in [0.1, 0.15) is 39.5 Å². The predicted octanol–water partition coefficient (Wildman–Crippen LogP) is 2.96. The standard InChI is InChI=1S/C19H25ClN4O3S/c1-11-4-3-5-14(12(11)2)21-18(28)23-22-17(25)8-9-24-15-7-6-13(20)10-16(15)27-19(24)26/h6-7,10-12,14H,3-5,8-9H2,1-2H3,(H,22,25)(H2,21,23,28)/t11-,12-,14+/m1/s1. The van der Waals surface area contributed by atoms with Gasteiger partial charge < -0.3 is 9.73 Å². The second kappa shape index (κ2) is 8.96. The molecule has 1 saturated carbocycles. The fraction of sp³-hybridized carbons (Fsp3) is 0.526. The minimum absolute atomic E-state index is 0.101. The molecule has 0 aliphatic heterocycles. The van der Waals surface area contributed by atoms with E-state index in [0.717, 1.165) is 6.42 Å². The monoisotopic (exact) mass is 424 g/mol. The number of carbonyl (C=O) groups excluding carboxylic acids is 1. The van der Waals surface area contributed by atoms with Gasteiger partial charge >= 0.3 is 5.76 Å². The number of rotatable bonds is 4. The van der Waals surface area contributed by atoms with Crippen LogP contribution in [-0.4, -0.2) is 21.6 Å². The van der Waals surface area contributed by atoms with Crippen LogP contribution in [0, 0.1) is 11.8 Å². The maximum atomic E-state index is 12.1. The van der Waals surface area contributed by atoms with Crippen LogP contribution in [0.3, 0.4) is 0 Å². The first-order chi connectivity index (χ1) is 13.3. The topological polar surface area (TPSA) is 88.3 Å². The molecule has 1 aromatic carbocycles. The summed E-state index contributed by atoms with van der Waals surface area (Å²) in [4.78, 5) is 24.1. The van der Waals surface area contributed by atoms with Gasteiger partial charge in [-0.3, -0.25) is 20.2 Å². The summed E-state index contributed by atoms with van der Waals surface area (Å²) in [6.07, 6.45) is 3.59. The zero-order valence-corrected chi connectivity index (χ0v) is 17.5. The molecule has 0 saturated heterocycles. The van der Waals surface area contributed by atoms with Crippen molar-refractivity contribution in [2.45, 2.75) is 52.1 Å². The minimum atomic E-state index is -0.518. The van der Waals surface area contributed by atoms with Crippen LogP contribution in [0.15, 0.2) is 27.4 Å². The second-order valence-corrected chi connectivity index (χ2v) is 8.25. The van der Waals surface area contributed by atoms with E-state index in [1.54, 1.807) is 18.2 Å². The molecule has 7 nitrogen and oxygen atoms in total. The molecule has 3 atom stereocenters. The zero-order valence-electron chi connectivity index (χ0n) is 16.0. The van der Waals surface area contributed by atoms with E-state index in [4.69, 9.17) is 28.2 Å². The molecule has 1 aliphatic rings. The van der Waals surface area contributed by atoms with Crippen molar-refractivity contribution in [1.82, 2.24) is 20.7 Å². The third-order valence-electron chi connectivity index (χ3n) is 5.53. The van der Waals surface area contributed by atoms with Crippen LogP contribution < -0.4 is 21.9 Å². The molecule has 1 fully saturated rings. The van der Waals surface area contributed by atoms with Crippen molar-refractivity contribution < 1.29 is 9.21 Å². The predicted molar refractivity (Wildman–Crippen MR) is 113 cm³/mol. The number of hydrazine groups is 1. The lowest BCUT2D eigenvalue weighted by molar-refractivity contribution is -0.121. The van der Waals surface area contributed by atoms with E-state index < -0.39 is 5.76 Å². The molecule has 1 aliphatic carbocycles. The van der Waals surface area contributed by atoms with E-state index in [1.165, 1.54) is 17.4 Å². The molecule has 2 aromatic rings. The Morgan fingerprint density at radius 3 is 2.89 bits per heavy atom. The van der Waals surface area contributed by atoms with Gasteiger partial charge in [0, 0.05) is 30.1 Å². The number of aryl methyl sites for hydroxylation is 1. The lowest BCUT2D eigenvalue weighted by Gasteiger charge is -2.35. The van der Waals surface area contributed by atoms with Gasteiger partial charge in [-0.15, -0.1) is 0 Å². The molecular weight excluding hydrogens is 400 g/mol. The molecule has 9 heteroatoms. The molecule has 0 spiro atoms. The molecule has 0 radical (unpaired) electrons. The highest BCUT2D eigenvalue weighted by Gasteiger charge is 2.27. The summed E-state index contributed by atoms with van der Waals surface area (Å²) in [5.41, 5.74) is 6.33. The number of nitrogens with one attached hydrogen (secondary N) is 3. The summed E-state index contributed by atoms with van der Waals surface area (Å²) in [5, 5.41) is 4.17. The number of aromatic nitrogens is 1. The molecule has 3 rings (SSSR count). The smallest absolute Gasteiger partial charge is 0.408 e. The number of hydrogen-bond acceptors (Lipinski definition) is 4. The molecule has 28 heavy (non-hydrogen) atoms. The molecule has 0 unspecified atom stereocenters. The molecule has 1 amide bonds. The van der Waals surface area contributed by atoms with Crippen LogP contribution >= 0.6 is 23.8 Å². The summed E-state index contributed by atoms with van der Waals surface area (Å²) in [6, 6.07) is 5.26. The van der Waals surface area contributed by atoms with Crippen molar-refractivity contribution in [2.75, 3.05) is 0 Å². The van der Waals surface area contributed by atoms with Crippen LogP contribution in [0.2, 0.25) is 5.02 Å². The number of benzene rings is 1. The van der Waals surface area contributed by atoms with E-state index in [2.05, 4.69) is 30.0 Å². The van der Waals surface area contributed by atoms with Gasteiger partial charge in [-0.25, -0.2) is 4.79 Å². The van der Waals surface area contributed by atoms with Gasteiger partial charge in [0.05, 0.1) is 5.52 Å². The van der Waals surface area contributed by atoms with Crippen LogP contribution in [-0.2, 0) is 11.3 Å². The van der Waals surface area contributed by atoms with Crippen molar-refractivity contribution in [3.05, 3.63) is 33.8 Å². The zero-order chi connectivity index (χ0) is 20.3. The summed E-state index contributed by atoms with van der Waals surface area (Å²) < 4.78 is 6.57. The van der Waals surface area contributed by atoms with Crippen molar-refractivity contribution in [3.63, 3.8) is 0 Å². The van der Waals surface area contributed by atoms with Crippen molar-refractivity contribution in [1.29, 1.82) is 0 Å². The minimum Gasteiger partial charge on any atom is -0.408 e. The summed E-state index contributed by atoms with van der Waals surface area (Å²) >= 11 is 11.2. The van der Waals surface area contributed by atoms with Gasteiger partial charge in [0.25, 0.3) is 0 Å². The third kappa shape index (κ3) is 4.86. The fourth-order valence-electron chi connectivity index (χ4n) is 3.64. The van der Waals surface area contributed by atoms with Crippen LogP contribution in [0.25, 0.3) is 11.1 Å². The molecule has 0 bridgehead atoms. The van der Waals surface area contributed by atoms with Crippen LogP contribution in [0.5, 0.6) is 0 Å². The van der Waals surface area contributed by atoms with E-state index in [0.29, 0.717) is 39.1 Å². The number of hydrogen-bond donors (Lipinski definition) is 3. The Kier molecular flexibility index (Phi) is 6.61. The van der Waals surface area contributed by atoms with E-state index in [1.807, 2.05) is 0 Å². The molecule has 1 aromatic heterocycles. The van der Waals surface area contributed by atoms with E-state index in [-0.39, 0.29) is 18.9 Å². The number of carbonyl (C=O) groups is 1. The number of oxazole rings is 1. The highest BCUT2D eigenvalue weighted by molar-refractivity contribution is 7.80.